The highest BCUT2D eigenvalue weighted by molar-refractivity contribution is 5.51. The Kier molecular flexibility index (Phi) is 3.20. The first-order valence-electron chi connectivity index (χ1n) is 6.46. The fraction of sp³-hybridized carbons (Fsp3) is 0.214. The molecule has 3 aromatic rings. The fourth-order valence-corrected chi connectivity index (χ4v) is 2.05. The van der Waals surface area contributed by atoms with E-state index in [2.05, 4.69) is 25.7 Å². The number of aromatic nitrogens is 5. The quantitative estimate of drug-likeness (QED) is 0.761. The molecule has 0 unspecified atom stereocenters. The van der Waals surface area contributed by atoms with E-state index in [1.807, 2.05) is 44.2 Å². The minimum atomic E-state index is 0.619. The van der Waals surface area contributed by atoms with Crippen molar-refractivity contribution in [3.8, 4) is 5.69 Å². The van der Waals surface area contributed by atoms with Gasteiger partial charge in [0.25, 0.3) is 0 Å². The van der Waals surface area contributed by atoms with Gasteiger partial charge in [0.15, 0.2) is 0 Å². The molecule has 0 spiro atoms. The minimum absolute atomic E-state index is 0.619. The number of hydrogen-bond acceptors (Lipinski definition) is 4. The number of aryl methyl sites for hydroxylation is 2. The number of aromatic amines is 1. The van der Waals surface area contributed by atoms with Gasteiger partial charge in [-0.15, -0.1) is 0 Å². The van der Waals surface area contributed by atoms with Crippen LogP contribution in [-0.2, 0) is 6.54 Å². The van der Waals surface area contributed by atoms with Gasteiger partial charge in [0.1, 0.15) is 5.69 Å². The van der Waals surface area contributed by atoms with Gasteiger partial charge in [-0.3, -0.25) is 5.10 Å². The molecule has 0 aliphatic heterocycles. The summed E-state index contributed by atoms with van der Waals surface area (Å²) < 4.78 is 0. The van der Waals surface area contributed by atoms with Crippen LogP contribution in [0.1, 0.15) is 17.1 Å². The molecule has 0 atom stereocenters. The van der Waals surface area contributed by atoms with Crippen LogP contribution < -0.4 is 5.32 Å². The summed E-state index contributed by atoms with van der Waals surface area (Å²) in [6, 6.07) is 9.85. The Morgan fingerprint density at radius 2 is 2.00 bits per heavy atom. The minimum Gasteiger partial charge on any atom is -0.376 e. The number of para-hydroxylation sites is 1. The number of rotatable bonds is 4. The van der Waals surface area contributed by atoms with E-state index >= 15 is 0 Å². The molecule has 102 valence electrons. The molecule has 0 aliphatic rings. The third-order valence-corrected chi connectivity index (χ3v) is 3.10. The van der Waals surface area contributed by atoms with Gasteiger partial charge in [0, 0.05) is 0 Å². The lowest BCUT2D eigenvalue weighted by Crippen LogP contribution is -2.03. The predicted octanol–water partition coefficient (Wildman–Crippen LogP) is 2.22. The maximum absolute atomic E-state index is 4.45. The van der Waals surface area contributed by atoms with Crippen molar-refractivity contribution < 1.29 is 0 Å². The van der Waals surface area contributed by atoms with E-state index in [1.54, 1.807) is 11.0 Å². The van der Waals surface area contributed by atoms with E-state index in [0.717, 1.165) is 28.5 Å². The van der Waals surface area contributed by atoms with Gasteiger partial charge in [-0.2, -0.15) is 20.1 Å². The van der Waals surface area contributed by atoms with Gasteiger partial charge in [0.2, 0.25) is 0 Å². The van der Waals surface area contributed by atoms with Crippen molar-refractivity contribution in [3.05, 3.63) is 53.6 Å². The summed E-state index contributed by atoms with van der Waals surface area (Å²) in [7, 11) is 0. The number of nitrogens with one attached hydrogen (secondary N) is 2. The average molecular weight is 268 g/mol. The topological polar surface area (TPSA) is 71.4 Å². The molecule has 0 amide bonds. The van der Waals surface area contributed by atoms with Crippen LogP contribution in [0.2, 0.25) is 0 Å². The van der Waals surface area contributed by atoms with Crippen LogP contribution in [0.4, 0.5) is 5.69 Å². The van der Waals surface area contributed by atoms with Crippen LogP contribution in [0.5, 0.6) is 0 Å². The molecule has 2 aromatic heterocycles. The van der Waals surface area contributed by atoms with Gasteiger partial charge < -0.3 is 5.32 Å². The van der Waals surface area contributed by atoms with Crippen molar-refractivity contribution in [2.45, 2.75) is 20.4 Å². The number of hydrogen-bond donors (Lipinski definition) is 2. The van der Waals surface area contributed by atoms with Crippen molar-refractivity contribution in [1.82, 2.24) is 25.2 Å². The lowest BCUT2D eigenvalue weighted by atomic mass is 10.3. The molecular weight excluding hydrogens is 252 g/mol. The molecule has 6 nitrogen and oxygen atoms in total. The summed E-state index contributed by atoms with van der Waals surface area (Å²) in [6.45, 7) is 4.57. The van der Waals surface area contributed by atoms with Crippen molar-refractivity contribution in [2.24, 2.45) is 0 Å². The third kappa shape index (κ3) is 2.40. The fourth-order valence-electron chi connectivity index (χ4n) is 2.05. The molecule has 0 bridgehead atoms. The normalized spacial score (nSPS) is 10.7. The van der Waals surface area contributed by atoms with E-state index in [-0.39, 0.29) is 0 Å². The SMILES string of the molecule is Cc1n[nH]c(C)c1NCc1cnn(-c2ccccc2)n1. The predicted molar refractivity (Wildman–Crippen MR) is 76.7 cm³/mol. The molecular formula is C14H16N6. The van der Waals surface area contributed by atoms with Crippen LogP contribution in [0.25, 0.3) is 5.69 Å². The standard InChI is InChI=1S/C14H16N6/c1-10-14(11(2)18-17-10)15-8-12-9-16-20(19-12)13-6-4-3-5-7-13/h3-7,9,15H,8H2,1-2H3,(H,17,18). The Morgan fingerprint density at radius 3 is 2.70 bits per heavy atom. The molecule has 0 fully saturated rings. The Labute approximate surface area is 116 Å². The number of nitrogens with zero attached hydrogens (tertiary/aromatic N) is 4. The summed E-state index contributed by atoms with van der Waals surface area (Å²) in [5.41, 5.74) is 4.85. The van der Waals surface area contributed by atoms with E-state index in [4.69, 9.17) is 0 Å². The zero-order valence-electron chi connectivity index (χ0n) is 11.5. The first-order valence-corrected chi connectivity index (χ1v) is 6.46. The molecule has 6 heteroatoms. The smallest absolute Gasteiger partial charge is 0.102 e. The average Bonchev–Trinajstić information content (AvgIpc) is 3.06. The van der Waals surface area contributed by atoms with E-state index < -0.39 is 0 Å². The Morgan fingerprint density at radius 1 is 1.20 bits per heavy atom. The van der Waals surface area contributed by atoms with Crippen molar-refractivity contribution in [2.75, 3.05) is 5.32 Å². The highest BCUT2D eigenvalue weighted by Gasteiger charge is 2.07. The van der Waals surface area contributed by atoms with Gasteiger partial charge in [0.05, 0.1) is 35.5 Å². The molecule has 0 saturated carbocycles. The largest absolute Gasteiger partial charge is 0.376 e. The van der Waals surface area contributed by atoms with Gasteiger partial charge in [-0.25, -0.2) is 0 Å². The number of H-pyrrole nitrogens is 1. The molecule has 0 radical (unpaired) electrons. The number of anilines is 1. The highest BCUT2D eigenvalue weighted by Crippen LogP contribution is 2.16. The summed E-state index contributed by atoms with van der Waals surface area (Å²) in [6.07, 6.45) is 1.77. The number of benzene rings is 1. The van der Waals surface area contributed by atoms with Crippen LogP contribution in [0, 0.1) is 13.8 Å². The molecule has 3 rings (SSSR count). The molecule has 0 saturated heterocycles. The zero-order valence-corrected chi connectivity index (χ0v) is 11.5. The maximum atomic E-state index is 4.45. The highest BCUT2D eigenvalue weighted by atomic mass is 15.5. The van der Waals surface area contributed by atoms with Crippen LogP contribution in [-0.4, -0.2) is 25.2 Å². The van der Waals surface area contributed by atoms with E-state index in [1.165, 1.54) is 0 Å². The Bertz CT molecular complexity index is 678. The van der Waals surface area contributed by atoms with Crippen LogP contribution in [0.3, 0.4) is 0 Å². The van der Waals surface area contributed by atoms with E-state index in [0.29, 0.717) is 6.54 Å². The van der Waals surface area contributed by atoms with E-state index in [9.17, 15) is 0 Å². The molecule has 20 heavy (non-hydrogen) atoms. The van der Waals surface area contributed by atoms with Gasteiger partial charge >= 0.3 is 0 Å². The van der Waals surface area contributed by atoms with Crippen LogP contribution >= 0.6 is 0 Å². The first kappa shape index (κ1) is 12.4. The lowest BCUT2D eigenvalue weighted by Gasteiger charge is -2.03. The molecule has 1 aromatic carbocycles. The molecule has 2 heterocycles. The van der Waals surface area contributed by atoms with Crippen molar-refractivity contribution in [3.63, 3.8) is 0 Å². The molecule has 0 aliphatic carbocycles. The van der Waals surface area contributed by atoms with Crippen LogP contribution in [0.15, 0.2) is 36.5 Å². The van der Waals surface area contributed by atoms with Crippen molar-refractivity contribution >= 4 is 5.69 Å². The molecule has 2 N–H and O–H groups in total. The monoisotopic (exact) mass is 268 g/mol. The zero-order chi connectivity index (χ0) is 13.9. The van der Waals surface area contributed by atoms with Gasteiger partial charge in [-0.1, -0.05) is 18.2 Å². The summed E-state index contributed by atoms with van der Waals surface area (Å²) >= 11 is 0. The Hall–Kier alpha value is -2.63. The second-order valence-corrected chi connectivity index (χ2v) is 4.62. The second kappa shape index (κ2) is 5.16. The Balaban J connectivity index is 1.72. The summed E-state index contributed by atoms with van der Waals surface area (Å²) in [5, 5.41) is 19.2. The maximum Gasteiger partial charge on any atom is 0.102 e. The van der Waals surface area contributed by atoms with Gasteiger partial charge in [-0.05, 0) is 26.0 Å². The lowest BCUT2D eigenvalue weighted by molar-refractivity contribution is 0.740. The summed E-state index contributed by atoms with van der Waals surface area (Å²) in [5.74, 6) is 0. The third-order valence-electron chi connectivity index (χ3n) is 3.10. The first-order chi connectivity index (χ1) is 9.74. The second-order valence-electron chi connectivity index (χ2n) is 4.62. The summed E-state index contributed by atoms with van der Waals surface area (Å²) in [4.78, 5) is 1.63. The van der Waals surface area contributed by atoms with Crippen molar-refractivity contribution in [1.29, 1.82) is 0 Å².